The third kappa shape index (κ3) is 6.58. The summed E-state index contributed by atoms with van der Waals surface area (Å²) in [5.41, 5.74) is 1.38. The summed E-state index contributed by atoms with van der Waals surface area (Å²) in [6.45, 7) is 6.97. The average Bonchev–Trinajstić information content (AvgIpc) is 3.26. The molecule has 0 radical (unpaired) electrons. The molecule has 2 aromatic carbocycles. The number of benzene rings is 2. The lowest BCUT2D eigenvalue weighted by atomic mass is 10.1. The molecule has 1 saturated heterocycles. The first-order valence-corrected chi connectivity index (χ1v) is 14.4. The highest BCUT2D eigenvalue weighted by Gasteiger charge is 2.31. The van der Waals surface area contributed by atoms with E-state index in [1.807, 2.05) is 32.9 Å². The van der Waals surface area contributed by atoms with Gasteiger partial charge in [-0.3, -0.25) is 9.69 Å². The van der Waals surface area contributed by atoms with Crippen LogP contribution in [0, 0.1) is 0 Å². The summed E-state index contributed by atoms with van der Waals surface area (Å²) in [6, 6.07) is 10.2. The van der Waals surface area contributed by atoms with Gasteiger partial charge in [0, 0.05) is 31.3 Å². The van der Waals surface area contributed by atoms with Crippen molar-refractivity contribution < 1.29 is 27.4 Å². The summed E-state index contributed by atoms with van der Waals surface area (Å²) in [5.74, 6) is 1.52. The highest BCUT2D eigenvalue weighted by Crippen LogP contribution is 2.38. The number of nitrogens with zero attached hydrogens (tertiary/aromatic N) is 3. The van der Waals surface area contributed by atoms with E-state index in [0.717, 1.165) is 5.56 Å². The van der Waals surface area contributed by atoms with Crippen LogP contribution in [0.3, 0.4) is 0 Å². The first kappa shape index (κ1) is 28.8. The molecule has 1 heterocycles. The normalized spacial score (nSPS) is 16.9. The second-order valence-electron chi connectivity index (χ2n) is 8.45. The van der Waals surface area contributed by atoms with Crippen molar-refractivity contribution in [3.8, 4) is 17.2 Å². The molecule has 0 saturated carbocycles. The van der Waals surface area contributed by atoms with E-state index in [2.05, 4.69) is 4.99 Å². The van der Waals surface area contributed by atoms with Gasteiger partial charge in [0.25, 0.3) is 0 Å². The molecule has 0 unspecified atom stereocenters. The van der Waals surface area contributed by atoms with Crippen molar-refractivity contribution in [3.63, 3.8) is 0 Å². The summed E-state index contributed by atoms with van der Waals surface area (Å²) in [6.07, 6.45) is 0.747. The Labute approximate surface area is 223 Å². The monoisotopic (exact) mass is 549 g/mol. The Morgan fingerprint density at radius 1 is 1.08 bits per heavy atom. The Bertz CT molecular complexity index is 1220. The van der Waals surface area contributed by atoms with E-state index in [4.69, 9.17) is 14.2 Å². The number of methoxy groups -OCH3 is 3. The highest BCUT2D eigenvalue weighted by atomic mass is 32.2. The summed E-state index contributed by atoms with van der Waals surface area (Å²) in [5, 5.41) is 0.742. The second kappa shape index (κ2) is 12.7. The second-order valence-corrected chi connectivity index (χ2v) is 11.8. The predicted molar refractivity (Wildman–Crippen MR) is 147 cm³/mol. The van der Waals surface area contributed by atoms with Crippen molar-refractivity contribution in [2.45, 2.75) is 43.8 Å². The molecule has 202 valence electrons. The van der Waals surface area contributed by atoms with Crippen LogP contribution in [-0.2, 0) is 21.2 Å². The Balaban J connectivity index is 1.81. The van der Waals surface area contributed by atoms with Crippen LogP contribution < -0.4 is 14.2 Å². The first-order chi connectivity index (χ1) is 17.7. The molecule has 0 spiro atoms. The molecule has 3 rings (SSSR count). The molecule has 0 aliphatic carbocycles. The molecular weight excluding hydrogens is 514 g/mol. The molecule has 0 N–H and O–H groups in total. The third-order valence-corrected chi connectivity index (χ3v) is 9.14. The highest BCUT2D eigenvalue weighted by molar-refractivity contribution is 8.14. The lowest BCUT2D eigenvalue weighted by Crippen LogP contribution is -2.32. The molecule has 1 aliphatic heterocycles. The lowest BCUT2D eigenvalue weighted by molar-refractivity contribution is -0.127. The molecule has 2 aromatic rings. The van der Waals surface area contributed by atoms with Gasteiger partial charge in [0.1, 0.15) is 0 Å². The number of ether oxygens (including phenoxy) is 3. The van der Waals surface area contributed by atoms with E-state index in [1.54, 1.807) is 50.5 Å². The topological polar surface area (TPSA) is 97.7 Å². The maximum atomic E-state index is 13.2. The Kier molecular flexibility index (Phi) is 9.86. The van der Waals surface area contributed by atoms with Crippen LogP contribution in [0.1, 0.15) is 32.8 Å². The van der Waals surface area contributed by atoms with Crippen LogP contribution in [0.2, 0.25) is 0 Å². The van der Waals surface area contributed by atoms with Crippen molar-refractivity contribution in [2.75, 3.05) is 41.0 Å². The number of amides is 1. The van der Waals surface area contributed by atoms with Crippen LogP contribution in [0.4, 0.5) is 5.69 Å². The number of carbonyl (C=O) groups excluding carboxylic acids is 1. The molecule has 1 aliphatic rings. The number of hydrogen-bond acceptors (Lipinski definition) is 8. The van der Waals surface area contributed by atoms with Gasteiger partial charge >= 0.3 is 0 Å². The lowest BCUT2D eigenvalue weighted by Gasteiger charge is -2.19. The van der Waals surface area contributed by atoms with Gasteiger partial charge in [-0.25, -0.2) is 13.4 Å². The number of sulfonamides is 1. The van der Waals surface area contributed by atoms with Gasteiger partial charge in [-0.2, -0.15) is 4.31 Å². The van der Waals surface area contributed by atoms with Crippen LogP contribution in [0.25, 0.3) is 0 Å². The van der Waals surface area contributed by atoms with Crippen molar-refractivity contribution >= 4 is 38.5 Å². The summed E-state index contributed by atoms with van der Waals surface area (Å²) in [4.78, 5) is 19.8. The number of hydrogen-bond donors (Lipinski definition) is 0. The van der Waals surface area contributed by atoms with E-state index in [9.17, 15) is 13.2 Å². The number of rotatable bonds is 11. The van der Waals surface area contributed by atoms with Gasteiger partial charge in [-0.05, 0) is 42.3 Å². The van der Waals surface area contributed by atoms with E-state index in [-0.39, 0.29) is 22.5 Å². The fourth-order valence-electron chi connectivity index (χ4n) is 4.11. The molecule has 1 amide bonds. The molecular formula is C26H35N3O6S2. The summed E-state index contributed by atoms with van der Waals surface area (Å²) in [7, 11) is 1.05. The predicted octanol–water partition coefficient (Wildman–Crippen LogP) is 4.33. The van der Waals surface area contributed by atoms with E-state index >= 15 is 0 Å². The Morgan fingerprint density at radius 2 is 1.73 bits per heavy atom. The van der Waals surface area contributed by atoms with E-state index in [0.29, 0.717) is 54.2 Å². The van der Waals surface area contributed by atoms with Crippen LogP contribution in [0.5, 0.6) is 17.2 Å². The van der Waals surface area contributed by atoms with Crippen molar-refractivity contribution in [2.24, 2.45) is 4.99 Å². The minimum Gasteiger partial charge on any atom is -0.493 e. The van der Waals surface area contributed by atoms with E-state index in [1.165, 1.54) is 16.1 Å². The number of amidine groups is 1. The quantitative estimate of drug-likeness (QED) is 0.412. The maximum absolute atomic E-state index is 13.2. The van der Waals surface area contributed by atoms with Crippen molar-refractivity contribution in [1.29, 1.82) is 0 Å². The smallest absolute Gasteiger partial charge is 0.243 e. The standard InChI is InChI=1S/C26H35N3O6S2/c1-7-28(8-2)37(31,32)21-11-9-10-20(16-21)27-26-29(17-18(3)36-26)24(30)13-12-19-14-22(33-4)25(35-6)23(15-19)34-5/h9-11,14-16,18H,7-8,12-13,17H2,1-6H3/t18-/m0/s1. The molecule has 11 heteroatoms. The van der Waals surface area contributed by atoms with Gasteiger partial charge in [0.05, 0.1) is 31.9 Å². The third-order valence-electron chi connectivity index (χ3n) is 6.02. The minimum atomic E-state index is -3.61. The van der Waals surface area contributed by atoms with Gasteiger partial charge in [-0.15, -0.1) is 0 Å². The van der Waals surface area contributed by atoms with Gasteiger partial charge in [0.15, 0.2) is 16.7 Å². The SMILES string of the molecule is CCN(CC)S(=O)(=O)c1cccc(N=C2S[C@@H](C)CN2C(=O)CCc2cc(OC)c(OC)c(OC)c2)c1. The fraction of sp³-hybridized carbons (Fsp3) is 0.462. The van der Waals surface area contributed by atoms with Crippen LogP contribution in [0.15, 0.2) is 46.3 Å². The van der Waals surface area contributed by atoms with Crippen molar-refractivity contribution in [3.05, 3.63) is 42.0 Å². The van der Waals surface area contributed by atoms with E-state index < -0.39 is 10.0 Å². The van der Waals surface area contributed by atoms with Gasteiger partial charge in [-0.1, -0.05) is 38.6 Å². The van der Waals surface area contributed by atoms with Gasteiger partial charge in [0.2, 0.25) is 21.7 Å². The molecule has 1 fully saturated rings. The number of aryl methyl sites for hydroxylation is 1. The zero-order valence-electron chi connectivity index (χ0n) is 22.2. The average molecular weight is 550 g/mol. The van der Waals surface area contributed by atoms with Crippen LogP contribution in [-0.4, -0.2) is 74.9 Å². The van der Waals surface area contributed by atoms with Crippen LogP contribution >= 0.6 is 11.8 Å². The first-order valence-electron chi connectivity index (χ1n) is 12.1. The zero-order chi connectivity index (χ0) is 27.2. The number of carbonyl (C=O) groups is 1. The largest absolute Gasteiger partial charge is 0.493 e. The van der Waals surface area contributed by atoms with Crippen molar-refractivity contribution in [1.82, 2.24) is 9.21 Å². The maximum Gasteiger partial charge on any atom is 0.243 e. The molecule has 0 aromatic heterocycles. The fourth-order valence-corrected chi connectivity index (χ4v) is 6.66. The Morgan fingerprint density at radius 3 is 2.30 bits per heavy atom. The molecule has 1 atom stereocenters. The number of aliphatic imine (C=N–C) groups is 1. The van der Waals surface area contributed by atoms with Gasteiger partial charge < -0.3 is 14.2 Å². The molecule has 0 bridgehead atoms. The molecule has 37 heavy (non-hydrogen) atoms. The Hall–Kier alpha value is -2.76. The summed E-state index contributed by atoms with van der Waals surface area (Å²) < 4.78 is 43.5. The molecule has 9 nitrogen and oxygen atoms in total. The minimum absolute atomic E-state index is 0.0590. The summed E-state index contributed by atoms with van der Waals surface area (Å²) >= 11 is 1.50. The number of thioether (sulfide) groups is 1. The zero-order valence-corrected chi connectivity index (χ0v) is 23.8.